The van der Waals surface area contributed by atoms with Gasteiger partial charge in [0.15, 0.2) is 0 Å². The molecular formula is C11H13FN2O. The highest BCUT2D eigenvalue weighted by Gasteiger charge is 2.02. The maximum absolute atomic E-state index is 13.2. The number of benzene rings is 1. The number of nitrogens with one attached hydrogen (secondary N) is 1. The van der Waals surface area contributed by atoms with Crippen molar-refractivity contribution in [2.24, 2.45) is 0 Å². The molecule has 1 aromatic carbocycles. The summed E-state index contributed by atoms with van der Waals surface area (Å²) in [7, 11) is 0. The second-order valence-electron chi connectivity index (χ2n) is 3.17. The van der Waals surface area contributed by atoms with Crippen molar-refractivity contribution in [1.29, 1.82) is 5.26 Å². The van der Waals surface area contributed by atoms with E-state index < -0.39 is 0 Å². The average Bonchev–Trinajstić information content (AvgIpc) is 2.26. The van der Waals surface area contributed by atoms with Gasteiger partial charge in [0.05, 0.1) is 11.6 Å². The number of aliphatic hydroxyl groups excluding tert-OH is 1. The molecule has 80 valence electrons. The Morgan fingerprint density at radius 2 is 2.27 bits per heavy atom. The summed E-state index contributed by atoms with van der Waals surface area (Å²) in [6.07, 6.45) is 0.638. The Labute approximate surface area is 88.2 Å². The smallest absolute Gasteiger partial charge is 0.127 e. The van der Waals surface area contributed by atoms with Crippen molar-refractivity contribution in [3.8, 4) is 6.07 Å². The molecule has 0 aliphatic rings. The Hall–Kier alpha value is -1.44. The summed E-state index contributed by atoms with van der Waals surface area (Å²) in [6, 6.07) is 6.23. The van der Waals surface area contributed by atoms with Gasteiger partial charge in [-0.25, -0.2) is 4.39 Å². The zero-order valence-electron chi connectivity index (χ0n) is 8.33. The van der Waals surface area contributed by atoms with Crippen LogP contribution in [0.2, 0.25) is 0 Å². The third-order valence-corrected chi connectivity index (χ3v) is 2.00. The first-order chi connectivity index (χ1) is 7.27. The quantitative estimate of drug-likeness (QED) is 0.714. The largest absolute Gasteiger partial charge is 0.396 e. The van der Waals surface area contributed by atoms with Gasteiger partial charge in [-0.3, -0.25) is 0 Å². The first-order valence-corrected chi connectivity index (χ1v) is 4.78. The van der Waals surface area contributed by atoms with Crippen LogP contribution in [0.3, 0.4) is 0 Å². The highest BCUT2D eigenvalue weighted by Crippen LogP contribution is 2.09. The topological polar surface area (TPSA) is 56.0 Å². The van der Waals surface area contributed by atoms with Gasteiger partial charge in [0.1, 0.15) is 5.82 Å². The molecule has 2 N–H and O–H groups in total. The number of hydrogen-bond acceptors (Lipinski definition) is 3. The summed E-state index contributed by atoms with van der Waals surface area (Å²) in [5.74, 6) is -0.314. The Kier molecular flexibility index (Phi) is 4.75. The molecule has 0 radical (unpaired) electrons. The van der Waals surface area contributed by atoms with Crippen molar-refractivity contribution in [1.82, 2.24) is 5.32 Å². The summed E-state index contributed by atoms with van der Waals surface area (Å²) >= 11 is 0. The molecule has 0 amide bonds. The molecule has 0 aliphatic carbocycles. The van der Waals surface area contributed by atoms with Crippen LogP contribution in [0.25, 0.3) is 0 Å². The van der Waals surface area contributed by atoms with Gasteiger partial charge in [-0.1, -0.05) is 0 Å². The van der Waals surface area contributed by atoms with E-state index in [1.807, 2.05) is 6.07 Å². The molecule has 1 aromatic rings. The summed E-state index contributed by atoms with van der Waals surface area (Å²) in [4.78, 5) is 0. The van der Waals surface area contributed by atoms with Gasteiger partial charge in [-0.15, -0.1) is 0 Å². The minimum absolute atomic E-state index is 0.119. The molecule has 0 saturated heterocycles. The first-order valence-electron chi connectivity index (χ1n) is 4.78. The zero-order chi connectivity index (χ0) is 11.1. The van der Waals surface area contributed by atoms with Crippen molar-refractivity contribution in [3.05, 3.63) is 35.1 Å². The second-order valence-corrected chi connectivity index (χ2v) is 3.17. The molecule has 0 bridgehead atoms. The molecule has 3 nitrogen and oxygen atoms in total. The molecule has 0 unspecified atom stereocenters. The predicted octanol–water partition coefficient (Wildman–Crippen LogP) is 1.17. The summed E-state index contributed by atoms with van der Waals surface area (Å²) < 4.78 is 13.2. The highest BCUT2D eigenvalue weighted by molar-refractivity contribution is 5.33. The minimum Gasteiger partial charge on any atom is -0.396 e. The molecule has 0 heterocycles. The summed E-state index contributed by atoms with van der Waals surface area (Å²) in [5.41, 5.74) is 0.933. The van der Waals surface area contributed by atoms with Gasteiger partial charge in [0, 0.05) is 18.7 Å². The molecule has 15 heavy (non-hydrogen) atoms. The molecule has 0 aliphatic heterocycles. The monoisotopic (exact) mass is 208 g/mol. The van der Waals surface area contributed by atoms with Crippen molar-refractivity contribution >= 4 is 0 Å². The lowest BCUT2D eigenvalue weighted by atomic mass is 10.1. The maximum atomic E-state index is 13.2. The van der Waals surface area contributed by atoms with Crippen LogP contribution < -0.4 is 5.32 Å². The second kappa shape index (κ2) is 6.12. The number of rotatable bonds is 5. The molecule has 0 atom stereocenters. The Morgan fingerprint density at radius 1 is 1.47 bits per heavy atom. The molecule has 0 saturated carbocycles. The number of aliphatic hydroxyl groups is 1. The third kappa shape index (κ3) is 3.66. The fourth-order valence-corrected chi connectivity index (χ4v) is 1.21. The lowest BCUT2D eigenvalue weighted by Gasteiger charge is -2.05. The van der Waals surface area contributed by atoms with Crippen LogP contribution >= 0.6 is 0 Å². The van der Waals surface area contributed by atoms with Gasteiger partial charge < -0.3 is 10.4 Å². The molecule has 1 rings (SSSR count). The van der Waals surface area contributed by atoms with E-state index in [1.165, 1.54) is 18.2 Å². The van der Waals surface area contributed by atoms with Crippen LogP contribution in [-0.4, -0.2) is 18.3 Å². The van der Waals surface area contributed by atoms with Crippen molar-refractivity contribution in [2.45, 2.75) is 13.0 Å². The zero-order valence-corrected chi connectivity index (χ0v) is 8.33. The van der Waals surface area contributed by atoms with E-state index in [4.69, 9.17) is 10.4 Å². The number of hydrogen-bond donors (Lipinski definition) is 2. The molecule has 4 heteroatoms. The Balaban J connectivity index is 2.56. The average molecular weight is 208 g/mol. The van der Waals surface area contributed by atoms with Crippen LogP contribution in [0.4, 0.5) is 4.39 Å². The predicted molar refractivity (Wildman–Crippen MR) is 54.5 cm³/mol. The van der Waals surface area contributed by atoms with Crippen molar-refractivity contribution in [3.63, 3.8) is 0 Å². The third-order valence-electron chi connectivity index (χ3n) is 2.00. The minimum atomic E-state index is -0.314. The number of nitriles is 1. The normalized spacial score (nSPS) is 9.93. The van der Waals surface area contributed by atoms with E-state index >= 15 is 0 Å². The van der Waals surface area contributed by atoms with E-state index in [1.54, 1.807) is 0 Å². The van der Waals surface area contributed by atoms with Crippen LogP contribution in [-0.2, 0) is 6.54 Å². The molecule has 0 spiro atoms. The van der Waals surface area contributed by atoms with Gasteiger partial charge in [-0.2, -0.15) is 5.26 Å². The fourth-order valence-electron chi connectivity index (χ4n) is 1.21. The molecule has 0 fully saturated rings. The lowest BCUT2D eigenvalue weighted by molar-refractivity contribution is 0.286. The van der Waals surface area contributed by atoms with Gasteiger partial charge in [0.25, 0.3) is 0 Å². The van der Waals surface area contributed by atoms with Crippen LogP contribution in [0.5, 0.6) is 0 Å². The van der Waals surface area contributed by atoms with E-state index in [-0.39, 0.29) is 12.4 Å². The lowest BCUT2D eigenvalue weighted by Crippen LogP contribution is -2.16. The summed E-state index contributed by atoms with van der Waals surface area (Å²) in [5, 5.41) is 20.2. The molecule has 0 aromatic heterocycles. The van der Waals surface area contributed by atoms with Gasteiger partial charge in [0.2, 0.25) is 0 Å². The molecular weight excluding hydrogens is 195 g/mol. The number of halogens is 1. The van der Waals surface area contributed by atoms with E-state index in [0.29, 0.717) is 30.6 Å². The Bertz CT molecular complexity index is 360. The number of nitrogens with zero attached hydrogens (tertiary/aromatic N) is 1. The maximum Gasteiger partial charge on any atom is 0.127 e. The first kappa shape index (κ1) is 11.6. The van der Waals surface area contributed by atoms with E-state index in [0.717, 1.165) is 0 Å². The van der Waals surface area contributed by atoms with E-state index in [9.17, 15) is 4.39 Å². The van der Waals surface area contributed by atoms with Crippen molar-refractivity contribution in [2.75, 3.05) is 13.2 Å². The van der Waals surface area contributed by atoms with Crippen molar-refractivity contribution < 1.29 is 9.50 Å². The highest BCUT2D eigenvalue weighted by atomic mass is 19.1. The summed E-state index contributed by atoms with van der Waals surface area (Å²) in [6.45, 7) is 1.13. The van der Waals surface area contributed by atoms with E-state index in [2.05, 4.69) is 5.32 Å². The van der Waals surface area contributed by atoms with Gasteiger partial charge in [-0.05, 0) is 31.2 Å². The SMILES string of the molecule is N#Cc1ccc(F)c(CNCCCO)c1. The van der Waals surface area contributed by atoms with Crippen LogP contribution in [0, 0.1) is 17.1 Å². The standard InChI is InChI=1S/C11H13FN2O/c12-11-3-2-9(7-13)6-10(11)8-14-4-1-5-15/h2-3,6,14-15H,1,4-5,8H2. The van der Waals surface area contributed by atoms with Crippen LogP contribution in [0.1, 0.15) is 17.5 Å². The fraction of sp³-hybridized carbons (Fsp3) is 0.364. The Morgan fingerprint density at radius 3 is 2.93 bits per heavy atom. The van der Waals surface area contributed by atoms with Crippen LogP contribution in [0.15, 0.2) is 18.2 Å². The van der Waals surface area contributed by atoms with Gasteiger partial charge >= 0.3 is 0 Å².